The Labute approximate surface area is 180 Å². The van der Waals surface area contributed by atoms with Gasteiger partial charge in [0.25, 0.3) is 0 Å². The van der Waals surface area contributed by atoms with Crippen molar-refractivity contribution in [2.24, 2.45) is 0 Å². The molecule has 9 heteroatoms. The van der Waals surface area contributed by atoms with E-state index in [0.717, 1.165) is 12.8 Å². The number of hydrogen-bond donors (Lipinski definition) is 0. The number of halogens is 5. The molecular weight excluding hydrogens is 423 g/mol. The van der Waals surface area contributed by atoms with E-state index in [1.165, 1.54) is 50.3 Å². The van der Waals surface area contributed by atoms with Crippen LogP contribution in [0.2, 0.25) is 0 Å². The van der Waals surface area contributed by atoms with Crippen molar-refractivity contribution in [3.8, 4) is 0 Å². The van der Waals surface area contributed by atoms with Gasteiger partial charge in [-0.3, -0.25) is 0 Å². The molecule has 180 valence electrons. The van der Waals surface area contributed by atoms with E-state index in [-0.39, 0.29) is 12.5 Å². The van der Waals surface area contributed by atoms with Gasteiger partial charge in [-0.1, -0.05) is 63.7 Å². The Hall–Kier alpha value is -1.03. The molecule has 0 radical (unpaired) electrons. The molecule has 0 saturated carbocycles. The summed E-state index contributed by atoms with van der Waals surface area (Å²) >= 11 is 0. The molecule has 0 N–H and O–H groups in total. The van der Waals surface area contributed by atoms with Crippen LogP contribution in [0.25, 0.3) is 0 Å². The van der Waals surface area contributed by atoms with E-state index in [9.17, 15) is 22.0 Å². The molecular formula is C22H33F5O4. The summed E-state index contributed by atoms with van der Waals surface area (Å²) in [6, 6.07) is 0. The average molecular weight is 456 g/mol. The van der Waals surface area contributed by atoms with Gasteiger partial charge in [0.15, 0.2) is 13.0 Å². The van der Waals surface area contributed by atoms with Gasteiger partial charge in [-0.05, 0) is 12.8 Å². The zero-order chi connectivity index (χ0) is 22.7. The van der Waals surface area contributed by atoms with Gasteiger partial charge in [0, 0.05) is 12.2 Å². The highest BCUT2D eigenvalue weighted by atomic mass is 19.3. The van der Waals surface area contributed by atoms with Crippen molar-refractivity contribution >= 4 is 0 Å². The summed E-state index contributed by atoms with van der Waals surface area (Å²) in [6.07, 6.45) is 5.49. The quantitative estimate of drug-likeness (QED) is 0.239. The molecule has 0 aromatic carbocycles. The van der Waals surface area contributed by atoms with Crippen molar-refractivity contribution < 1.29 is 40.9 Å². The van der Waals surface area contributed by atoms with Gasteiger partial charge in [0.05, 0.1) is 19.3 Å². The fourth-order valence-corrected chi connectivity index (χ4v) is 3.32. The molecule has 1 fully saturated rings. The zero-order valence-electron chi connectivity index (χ0n) is 18.0. The van der Waals surface area contributed by atoms with Crippen molar-refractivity contribution in [1.29, 1.82) is 0 Å². The van der Waals surface area contributed by atoms with Crippen LogP contribution >= 0.6 is 0 Å². The van der Waals surface area contributed by atoms with Crippen LogP contribution in [0.4, 0.5) is 22.0 Å². The van der Waals surface area contributed by atoms with Crippen molar-refractivity contribution in [2.75, 3.05) is 26.5 Å². The molecule has 0 aromatic rings. The highest BCUT2D eigenvalue weighted by Crippen LogP contribution is 2.38. The first kappa shape index (κ1) is 26.2. The highest BCUT2D eigenvalue weighted by molar-refractivity contribution is 5.27. The Kier molecular flexibility index (Phi) is 10.9. The van der Waals surface area contributed by atoms with Crippen molar-refractivity contribution in [2.45, 2.75) is 88.8 Å². The van der Waals surface area contributed by atoms with Gasteiger partial charge in [-0.15, -0.1) is 0 Å². The summed E-state index contributed by atoms with van der Waals surface area (Å²) in [5.74, 6) is -4.87. The number of rotatable bonds is 14. The standard InChI is InChI=1S/C22H33F5O4/c1-2-3-4-5-6-7-8-13-28-19-14-29-20(30-15-19)17-9-11-18(12-10-17)31-22(26,27)21(24,25)16-23/h9-11,18-20H,2-8,12-16H2,1H3. The maximum Gasteiger partial charge on any atom is 0.422 e. The lowest BCUT2D eigenvalue weighted by Crippen LogP contribution is -2.46. The zero-order valence-corrected chi connectivity index (χ0v) is 18.0. The summed E-state index contributed by atoms with van der Waals surface area (Å²) < 4.78 is 85.9. The summed E-state index contributed by atoms with van der Waals surface area (Å²) in [7, 11) is 0. The van der Waals surface area contributed by atoms with E-state index < -0.39 is 31.1 Å². The highest BCUT2D eigenvalue weighted by Gasteiger charge is 2.59. The van der Waals surface area contributed by atoms with Crippen molar-refractivity contribution in [1.82, 2.24) is 0 Å². The monoisotopic (exact) mass is 456 g/mol. The van der Waals surface area contributed by atoms with Gasteiger partial charge >= 0.3 is 12.0 Å². The molecule has 4 nitrogen and oxygen atoms in total. The van der Waals surface area contributed by atoms with Crippen LogP contribution in [0.1, 0.15) is 58.3 Å². The molecule has 31 heavy (non-hydrogen) atoms. The summed E-state index contributed by atoms with van der Waals surface area (Å²) in [5, 5.41) is 0. The molecule has 1 aliphatic heterocycles. The van der Waals surface area contributed by atoms with Gasteiger partial charge in [-0.2, -0.15) is 17.6 Å². The topological polar surface area (TPSA) is 36.9 Å². The van der Waals surface area contributed by atoms with Crippen LogP contribution in [0.5, 0.6) is 0 Å². The van der Waals surface area contributed by atoms with Gasteiger partial charge in [0.2, 0.25) is 0 Å². The maximum absolute atomic E-state index is 13.4. The minimum atomic E-state index is -4.89. The third kappa shape index (κ3) is 8.44. The third-order valence-corrected chi connectivity index (χ3v) is 5.22. The first-order valence-electron chi connectivity index (χ1n) is 11.0. The minimum absolute atomic E-state index is 0.0782. The van der Waals surface area contributed by atoms with E-state index in [2.05, 4.69) is 11.7 Å². The van der Waals surface area contributed by atoms with Crippen LogP contribution in [0, 0.1) is 0 Å². The van der Waals surface area contributed by atoms with Crippen LogP contribution in [-0.2, 0) is 18.9 Å². The Morgan fingerprint density at radius 3 is 2.23 bits per heavy atom. The van der Waals surface area contributed by atoms with E-state index in [1.54, 1.807) is 0 Å². The Balaban J connectivity index is 1.63. The van der Waals surface area contributed by atoms with E-state index in [0.29, 0.717) is 25.4 Å². The Morgan fingerprint density at radius 2 is 1.65 bits per heavy atom. The number of ether oxygens (including phenoxy) is 4. The Bertz CT molecular complexity index is 574. The molecule has 1 atom stereocenters. The molecule has 1 aliphatic carbocycles. The number of unbranched alkanes of at least 4 members (excludes halogenated alkanes) is 6. The molecule has 1 heterocycles. The van der Waals surface area contributed by atoms with Crippen LogP contribution < -0.4 is 0 Å². The molecule has 2 rings (SSSR count). The van der Waals surface area contributed by atoms with E-state index in [4.69, 9.17) is 14.2 Å². The largest absolute Gasteiger partial charge is 0.422 e. The number of hydrogen-bond acceptors (Lipinski definition) is 4. The van der Waals surface area contributed by atoms with Crippen LogP contribution in [-0.4, -0.2) is 57.0 Å². The average Bonchev–Trinajstić information content (AvgIpc) is 2.76. The molecule has 0 bridgehead atoms. The lowest BCUT2D eigenvalue weighted by Gasteiger charge is -2.32. The summed E-state index contributed by atoms with van der Waals surface area (Å²) in [5.41, 5.74) is 0.589. The van der Waals surface area contributed by atoms with Crippen LogP contribution in [0.15, 0.2) is 23.8 Å². The van der Waals surface area contributed by atoms with Crippen LogP contribution in [0.3, 0.4) is 0 Å². The van der Waals surface area contributed by atoms with E-state index >= 15 is 0 Å². The first-order chi connectivity index (χ1) is 14.8. The lowest BCUT2D eigenvalue weighted by molar-refractivity contribution is -0.358. The lowest BCUT2D eigenvalue weighted by atomic mass is 10.0. The smallest absolute Gasteiger partial charge is 0.373 e. The van der Waals surface area contributed by atoms with E-state index in [1.807, 2.05) is 0 Å². The van der Waals surface area contributed by atoms with Crippen molar-refractivity contribution in [3.63, 3.8) is 0 Å². The fourth-order valence-electron chi connectivity index (χ4n) is 3.32. The predicted molar refractivity (Wildman–Crippen MR) is 106 cm³/mol. The van der Waals surface area contributed by atoms with Crippen molar-refractivity contribution in [3.05, 3.63) is 23.8 Å². The second-order valence-electron chi connectivity index (χ2n) is 7.92. The molecule has 0 amide bonds. The number of alkyl halides is 5. The third-order valence-electron chi connectivity index (χ3n) is 5.22. The molecule has 0 spiro atoms. The van der Waals surface area contributed by atoms with Gasteiger partial charge in [-0.25, -0.2) is 4.39 Å². The molecule has 1 saturated heterocycles. The normalized spacial score (nSPS) is 25.0. The predicted octanol–water partition coefficient (Wildman–Crippen LogP) is 5.96. The SMILES string of the molecule is CCCCCCCCCOC1COC(C2=CCC(OC(F)(F)C(F)(F)CF)C=C2)OC1. The second kappa shape index (κ2) is 12.9. The van der Waals surface area contributed by atoms with Gasteiger partial charge < -0.3 is 18.9 Å². The Morgan fingerprint density at radius 1 is 1.00 bits per heavy atom. The molecule has 0 aromatic heterocycles. The summed E-state index contributed by atoms with van der Waals surface area (Å²) in [4.78, 5) is 0. The van der Waals surface area contributed by atoms with Gasteiger partial charge in [0.1, 0.15) is 6.10 Å². The fraction of sp³-hybridized carbons (Fsp3) is 0.818. The maximum atomic E-state index is 13.4. The second-order valence-corrected chi connectivity index (χ2v) is 7.92. The molecule has 2 aliphatic rings. The first-order valence-corrected chi connectivity index (χ1v) is 11.0. The minimum Gasteiger partial charge on any atom is -0.373 e. The molecule has 1 unspecified atom stereocenters. The summed E-state index contributed by atoms with van der Waals surface area (Å²) in [6.45, 7) is 1.03.